The molecule has 0 unspecified atom stereocenters. The Hall–Kier alpha value is -2.87. The maximum absolute atomic E-state index is 12.6. The first-order valence-corrected chi connectivity index (χ1v) is 10.1. The average molecular weight is 415 g/mol. The molecular formula is C22H29N3O5. The zero-order valence-corrected chi connectivity index (χ0v) is 18.0. The Balaban J connectivity index is 1.76. The van der Waals surface area contributed by atoms with Crippen molar-refractivity contribution in [2.24, 2.45) is 0 Å². The van der Waals surface area contributed by atoms with Crippen molar-refractivity contribution in [3.8, 4) is 5.75 Å². The van der Waals surface area contributed by atoms with Gasteiger partial charge < -0.3 is 19.2 Å². The van der Waals surface area contributed by atoms with Crippen LogP contribution in [0.4, 0.5) is 5.69 Å². The molecule has 1 aromatic heterocycles. The standard InChI is InChI=1S/C22H29N3O5/c1-5-22(2,3)15-7-8-18-17(11-15)25(20(26)14-29-18)12-19-24-16(13-30-19)21(27)23-9-6-10-28-4/h7-8,11,13H,5-6,9-10,12,14H2,1-4H3,(H,23,27). The Kier molecular flexibility index (Phi) is 6.77. The highest BCUT2D eigenvalue weighted by Gasteiger charge is 2.29. The number of carbonyl (C=O) groups is 2. The molecule has 2 aromatic rings. The van der Waals surface area contributed by atoms with E-state index in [2.05, 4.69) is 31.1 Å². The molecule has 1 aliphatic heterocycles. The summed E-state index contributed by atoms with van der Waals surface area (Å²) in [4.78, 5) is 30.6. The van der Waals surface area contributed by atoms with Crippen molar-refractivity contribution in [2.45, 2.75) is 45.6 Å². The third kappa shape index (κ3) is 4.81. The number of oxazole rings is 1. The minimum absolute atomic E-state index is 0.0296. The van der Waals surface area contributed by atoms with Crippen LogP contribution in [0.25, 0.3) is 0 Å². The van der Waals surface area contributed by atoms with Crippen LogP contribution in [0.5, 0.6) is 5.75 Å². The molecule has 2 heterocycles. The summed E-state index contributed by atoms with van der Waals surface area (Å²) in [5, 5.41) is 2.76. The third-order valence-corrected chi connectivity index (χ3v) is 5.46. The van der Waals surface area contributed by atoms with E-state index < -0.39 is 0 Å². The zero-order chi connectivity index (χ0) is 21.7. The lowest BCUT2D eigenvalue weighted by atomic mass is 9.82. The number of hydrogen-bond donors (Lipinski definition) is 1. The normalized spacial score (nSPS) is 13.7. The fraction of sp³-hybridized carbons (Fsp3) is 0.500. The zero-order valence-electron chi connectivity index (χ0n) is 18.0. The van der Waals surface area contributed by atoms with E-state index in [4.69, 9.17) is 13.9 Å². The highest BCUT2D eigenvalue weighted by molar-refractivity contribution is 5.98. The van der Waals surface area contributed by atoms with E-state index in [1.807, 2.05) is 18.2 Å². The van der Waals surface area contributed by atoms with Crippen LogP contribution in [0.3, 0.4) is 0 Å². The number of benzene rings is 1. The van der Waals surface area contributed by atoms with Gasteiger partial charge in [-0.25, -0.2) is 4.98 Å². The number of hydrogen-bond acceptors (Lipinski definition) is 6. The summed E-state index contributed by atoms with van der Waals surface area (Å²) in [5.41, 5.74) is 1.96. The molecule has 0 fully saturated rings. The number of fused-ring (bicyclic) bond motifs is 1. The molecular weight excluding hydrogens is 386 g/mol. The fourth-order valence-corrected chi connectivity index (χ4v) is 3.13. The molecule has 0 atom stereocenters. The molecule has 0 saturated heterocycles. The number of rotatable bonds is 9. The van der Waals surface area contributed by atoms with Crippen LogP contribution >= 0.6 is 0 Å². The number of anilines is 1. The summed E-state index contributed by atoms with van der Waals surface area (Å²) in [6, 6.07) is 5.92. The quantitative estimate of drug-likeness (QED) is 0.633. The molecule has 0 bridgehead atoms. The Labute approximate surface area is 176 Å². The van der Waals surface area contributed by atoms with Gasteiger partial charge in [0, 0.05) is 20.3 Å². The van der Waals surface area contributed by atoms with E-state index in [0.29, 0.717) is 36.9 Å². The van der Waals surface area contributed by atoms with Crippen LogP contribution in [0.15, 0.2) is 28.9 Å². The van der Waals surface area contributed by atoms with Gasteiger partial charge >= 0.3 is 0 Å². The van der Waals surface area contributed by atoms with Crippen molar-refractivity contribution < 1.29 is 23.5 Å². The van der Waals surface area contributed by atoms with E-state index in [-0.39, 0.29) is 36.1 Å². The molecule has 3 rings (SSSR count). The minimum Gasteiger partial charge on any atom is -0.482 e. The molecule has 0 radical (unpaired) electrons. The number of carbonyl (C=O) groups excluding carboxylic acids is 2. The second kappa shape index (κ2) is 9.30. The average Bonchev–Trinajstić information content (AvgIpc) is 3.21. The van der Waals surface area contributed by atoms with Gasteiger partial charge in [0.05, 0.1) is 5.69 Å². The molecule has 162 valence electrons. The van der Waals surface area contributed by atoms with Crippen molar-refractivity contribution >= 4 is 17.5 Å². The highest BCUT2D eigenvalue weighted by atomic mass is 16.5. The van der Waals surface area contributed by atoms with E-state index in [0.717, 1.165) is 12.0 Å². The van der Waals surface area contributed by atoms with Crippen LogP contribution < -0.4 is 15.0 Å². The summed E-state index contributed by atoms with van der Waals surface area (Å²) >= 11 is 0. The number of ether oxygens (including phenoxy) is 2. The van der Waals surface area contributed by atoms with Gasteiger partial charge in [-0.2, -0.15) is 0 Å². The van der Waals surface area contributed by atoms with Gasteiger partial charge in [0.25, 0.3) is 11.8 Å². The maximum Gasteiger partial charge on any atom is 0.273 e. The van der Waals surface area contributed by atoms with Gasteiger partial charge in [-0.3, -0.25) is 14.5 Å². The van der Waals surface area contributed by atoms with Crippen molar-refractivity contribution in [1.29, 1.82) is 0 Å². The topological polar surface area (TPSA) is 93.9 Å². The summed E-state index contributed by atoms with van der Waals surface area (Å²) in [5.74, 6) is 0.436. The van der Waals surface area contributed by atoms with Crippen LogP contribution in [-0.4, -0.2) is 43.7 Å². The number of aromatic nitrogens is 1. The van der Waals surface area contributed by atoms with E-state index >= 15 is 0 Å². The van der Waals surface area contributed by atoms with Crippen molar-refractivity contribution in [3.05, 3.63) is 41.6 Å². The lowest BCUT2D eigenvalue weighted by Gasteiger charge is -2.31. The molecule has 2 amide bonds. The second-order valence-corrected chi connectivity index (χ2v) is 7.92. The van der Waals surface area contributed by atoms with Gasteiger partial charge in [0.2, 0.25) is 5.89 Å². The molecule has 1 aromatic carbocycles. The Morgan fingerprint density at radius 1 is 1.37 bits per heavy atom. The molecule has 30 heavy (non-hydrogen) atoms. The van der Waals surface area contributed by atoms with Crippen molar-refractivity contribution in [2.75, 3.05) is 31.8 Å². The van der Waals surface area contributed by atoms with Crippen LogP contribution in [-0.2, 0) is 21.5 Å². The predicted molar refractivity (Wildman–Crippen MR) is 112 cm³/mol. The fourth-order valence-electron chi connectivity index (χ4n) is 3.13. The Bertz CT molecular complexity index is 906. The first-order valence-electron chi connectivity index (χ1n) is 10.1. The van der Waals surface area contributed by atoms with Gasteiger partial charge in [0.15, 0.2) is 12.3 Å². The van der Waals surface area contributed by atoms with Crippen molar-refractivity contribution in [3.63, 3.8) is 0 Å². The van der Waals surface area contributed by atoms with Crippen LogP contribution in [0.1, 0.15) is 55.6 Å². The summed E-state index contributed by atoms with van der Waals surface area (Å²) in [7, 11) is 1.61. The van der Waals surface area contributed by atoms with Gasteiger partial charge in [0.1, 0.15) is 18.6 Å². The van der Waals surface area contributed by atoms with E-state index in [1.165, 1.54) is 6.26 Å². The number of nitrogens with one attached hydrogen (secondary N) is 1. The lowest BCUT2D eigenvalue weighted by Crippen LogP contribution is -2.38. The number of methoxy groups -OCH3 is 1. The van der Waals surface area contributed by atoms with Gasteiger partial charge in [-0.1, -0.05) is 26.8 Å². The van der Waals surface area contributed by atoms with E-state index in [9.17, 15) is 9.59 Å². The Morgan fingerprint density at radius 2 is 2.17 bits per heavy atom. The summed E-state index contributed by atoms with van der Waals surface area (Å²) in [6.07, 6.45) is 2.98. The largest absolute Gasteiger partial charge is 0.482 e. The number of nitrogens with zero attached hydrogens (tertiary/aromatic N) is 2. The first kappa shape index (κ1) is 21.8. The lowest BCUT2D eigenvalue weighted by molar-refractivity contribution is -0.121. The molecule has 0 saturated carbocycles. The predicted octanol–water partition coefficient (Wildman–Crippen LogP) is 3.05. The van der Waals surface area contributed by atoms with Crippen LogP contribution in [0.2, 0.25) is 0 Å². The molecule has 0 aliphatic carbocycles. The SMILES string of the molecule is CCC(C)(C)c1ccc2c(c1)N(Cc1nc(C(=O)NCCCOC)co1)C(=O)CO2. The molecule has 8 nitrogen and oxygen atoms in total. The second-order valence-electron chi connectivity index (χ2n) is 7.92. The summed E-state index contributed by atoms with van der Waals surface area (Å²) in [6.45, 7) is 7.60. The van der Waals surface area contributed by atoms with Crippen molar-refractivity contribution in [1.82, 2.24) is 10.3 Å². The molecule has 1 N–H and O–H groups in total. The Morgan fingerprint density at radius 3 is 2.90 bits per heavy atom. The monoisotopic (exact) mass is 415 g/mol. The molecule has 8 heteroatoms. The summed E-state index contributed by atoms with van der Waals surface area (Å²) < 4.78 is 16.0. The molecule has 0 spiro atoms. The maximum atomic E-state index is 12.6. The van der Waals surface area contributed by atoms with Crippen LogP contribution in [0, 0.1) is 0 Å². The third-order valence-electron chi connectivity index (χ3n) is 5.46. The van der Waals surface area contributed by atoms with Gasteiger partial charge in [-0.15, -0.1) is 0 Å². The smallest absolute Gasteiger partial charge is 0.273 e. The molecule has 1 aliphatic rings. The number of amides is 2. The highest BCUT2D eigenvalue weighted by Crippen LogP contribution is 2.38. The van der Waals surface area contributed by atoms with E-state index in [1.54, 1.807) is 12.0 Å². The minimum atomic E-state index is -0.318. The first-order chi connectivity index (χ1) is 14.4. The van der Waals surface area contributed by atoms with Gasteiger partial charge in [-0.05, 0) is 36.0 Å².